The Labute approximate surface area is 177 Å². The van der Waals surface area contributed by atoms with Crippen LogP contribution in [0.4, 0.5) is 5.69 Å². The number of carbonyl (C=O) groups is 1. The first-order valence-corrected chi connectivity index (χ1v) is 9.63. The summed E-state index contributed by atoms with van der Waals surface area (Å²) in [6.45, 7) is 0.312. The number of benzene rings is 3. The van der Waals surface area contributed by atoms with Crippen LogP contribution in [0.15, 0.2) is 60.7 Å². The molecule has 4 rings (SSSR count). The highest BCUT2D eigenvalue weighted by atomic mass is 35.5. The van der Waals surface area contributed by atoms with Crippen molar-refractivity contribution >= 4 is 58.0 Å². The first-order valence-electron chi connectivity index (χ1n) is 8.50. The summed E-state index contributed by atoms with van der Waals surface area (Å²) in [6, 6.07) is 18.3. The molecule has 3 aromatic carbocycles. The van der Waals surface area contributed by atoms with Gasteiger partial charge < -0.3 is 10.1 Å². The van der Waals surface area contributed by atoms with E-state index < -0.39 is 0 Å². The lowest BCUT2D eigenvalue weighted by Gasteiger charge is -2.09. The molecule has 1 heterocycles. The second-order valence-electron chi connectivity index (χ2n) is 6.28. The molecule has 28 heavy (non-hydrogen) atoms. The monoisotopic (exact) mass is 429 g/mol. The average molecular weight is 431 g/mol. The van der Waals surface area contributed by atoms with Crippen LogP contribution in [0, 0.1) is 0 Å². The summed E-state index contributed by atoms with van der Waals surface area (Å²) >= 11 is 18.3. The molecule has 0 aliphatic carbocycles. The van der Waals surface area contributed by atoms with Crippen molar-refractivity contribution in [1.29, 1.82) is 0 Å². The van der Waals surface area contributed by atoms with Crippen molar-refractivity contribution in [2.24, 2.45) is 0 Å². The number of hydrogen-bond acceptors (Lipinski definition) is 2. The standard InChI is InChI=1S/C22H14Cl3NO2/c23-17-7-5-14(11-18(17)24)12-28-21-8-6-13(10-19(21)25)9-16-15-3-1-2-4-20(15)26-22(16)27/h1-11H,12H2,(H,26,27)/b16-9+. The molecular formula is C22H14Cl3NO2. The van der Waals surface area contributed by atoms with Gasteiger partial charge in [-0.05, 0) is 47.5 Å². The highest BCUT2D eigenvalue weighted by Crippen LogP contribution is 2.34. The summed E-state index contributed by atoms with van der Waals surface area (Å²) in [6.07, 6.45) is 1.82. The molecule has 1 N–H and O–H groups in total. The lowest BCUT2D eigenvalue weighted by atomic mass is 10.0. The third-order valence-corrected chi connectivity index (χ3v) is 5.39. The normalized spacial score (nSPS) is 14.1. The number of fused-ring (bicyclic) bond motifs is 1. The molecule has 0 saturated carbocycles. The van der Waals surface area contributed by atoms with E-state index in [0.29, 0.717) is 33.0 Å². The highest BCUT2D eigenvalue weighted by Gasteiger charge is 2.23. The Morgan fingerprint density at radius 2 is 1.71 bits per heavy atom. The third kappa shape index (κ3) is 3.88. The Hall–Kier alpha value is -2.46. The zero-order chi connectivity index (χ0) is 19.7. The van der Waals surface area contributed by atoms with Gasteiger partial charge in [0.15, 0.2) is 0 Å². The molecule has 0 fully saturated rings. The van der Waals surface area contributed by atoms with Gasteiger partial charge in [0, 0.05) is 16.8 Å². The first kappa shape index (κ1) is 18.9. The quantitative estimate of drug-likeness (QED) is 0.467. The number of ether oxygens (including phenoxy) is 1. The molecule has 140 valence electrons. The minimum absolute atomic E-state index is 0.128. The van der Waals surface area contributed by atoms with E-state index >= 15 is 0 Å². The molecule has 1 amide bonds. The Morgan fingerprint density at radius 1 is 0.893 bits per heavy atom. The fourth-order valence-electron chi connectivity index (χ4n) is 2.96. The zero-order valence-corrected chi connectivity index (χ0v) is 16.8. The van der Waals surface area contributed by atoms with Crippen LogP contribution in [-0.2, 0) is 11.4 Å². The number of halogens is 3. The van der Waals surface area contributed by atoms with Crippen LogP contribution < -0.4 is 10.1 Å². The van der Waals surface area contributed by atoms with Crippen molar-refractivity contribution in [2.75, 3.05) is 5.32 Å². The maximum Gasteiger partial charge on any atom is 0.256 e. The Balaban J connectivity index is 1.53. The second kappa shape index (κ2) is 7.88. The minimum Gasteiger partial charge on any atom is -0.487 e. The van der Waals surface area contributed by atoms with Crippen molar-refractivity contribution in [3.8, 4) is 5.75 Å². The summed E-state index contributed by atoms with van der Waals surface area (Å²) in [4.78, 5) is 12.2. The number of amides is 1. The van der Waals surface area contributed by atoms with Crippen LogP contribution in [0.25, 0.3) is 11.6 Å². The summed E-state index contributed by atoms with van der Waals surface area (Å²) in [7, 11) is 0. The van der Waals surface area contributed by atoms with E-state index in [1.165, 1.54) is 0 Å². The smallest absolute Gasteiger partial charge is 0.256 e. The Morgan fingerprint density at radius 3 is 2.50 bits per heavy atom. The van der Waals surface area contributed by atoms with E-state index in [4.69, 9.17) is 39.5 Å². The number of nitrogens with one attached hydrogen (secondary N) is 1. The van der Waals surface area contributed by atoms with Crippen molar-refractivity contribution in [3.63, 3.8) is 0 Å². The SMILES string of the molecule is O=C1Nc2ccccc2/C1=C\c1ccc(OCc2ccc(Cl)c(Cl)c2)c(Cl)c1. The lowest BCUT2D eigenvalue weighted by molar-refractivity contribution is -0.110. The van der Waals surface area contributed by atoms with Gasteiger partial charge in [0.25, 0.3) is 5.91 Å². The summed E-state index contributed by atoms with van der Waals surface area (Å²) in [5.41, 5.74) is 4.00. The Bertz CT molecular complexity index is 1110. The van der Waals surface area contributed by atoms with Crippen LogP contribution in [0.1, 0.15) is 16.7 Å². The van der Waals surface area contributed by atoms with Crippen molar-refractivity contribution < 1.29 is 9.53 Å². The van der Waals surface area contributed by atoms with E-state index in [0.717, 1.165) is 22.4 Å². The molecular weight excluding hydrogens is 417 g/mol. The molecule has 0 unspecified atom stereocenters. The molecule has 0 aromatic heterocycles. The van der Waals surface area contributed by atoms with Crippen molar-refractivity contribution in [1.82, 2.24) is 0 Å². The van der Waals surface area contributed by atoms with E-state index in [2.05, 4.69) is 5.32 Å². The van der Waals surface area contributed by atoms with Gasteiger partial charge in [0.1, 0.15) is 12.4 Å². The van der Waals surface area contributed by atoms with Gasteiger partial charge in [0.2, 0.25) is 0 Å². The summed E-state index contributed by atoms with van der Waals surface area (Å²) in [5, 5.41) is 4.29. The second-order valence-corrected chi connectivity index (χ2v) is 7.51. The molecule has 0 atom stereocenters. The van der Waals surface area contributed by atoms with Crippen molar-refractivity contribution in [3.05, 3.63) is 92.4 Å². The van der Waals surface area contributed by atoms with Gasteiger partial charge in [-0.25, -0.2) is 0 Å². The fraction of sp³-hybridized carbons (Fsp3) is 0.0455. The number of anilines is 1. The number of rotatable bonds is 4. The average Bonchev–Trinajstić information content (AvgIpc) is 2.99. The molecule has 0 bridgehead atoms. The van der Waals surface area contributed by atoms with Gasteiger partial charge in [-0.15, -0.1) is 0 Å². The molecule has 1 aliphatic rings. The van der Waals surface area contributed by atoms with Gasteiger partial charge in [-0.2, -0.15) is 0 Å². The molecule has 6 heteroatoms. The highest BCUT2D eigenvalue weighted by molar-refractivity contribution is 6.42. The van der Waals surface area contributed by atoms with Crippen LogP contribution in [0.2, 0.25) is 15.1 Å². The van der Waals surface area contributed by atoms with E-state index in [9.17, 15) is 4.79 Å². The zero-order valence-electron chi connectivity index (χ0n) is 14.5. The first-order chi connectivity index (χ1) is 13.5. The minimum atomic E-state index is -0.128. The van der Waals surface area contributed by atoms with Gasteiger partial charge >= 0.3 is 0 Å². The summed E-state index contributed by atoms with van der Waals surface area (Å²) in [5.74, 6) is 0.420. The molecule has 1 aliphatic heterocycles. The van der Waals surface area contributed by atoms with Crippen LogP contribution in [0.3, 0.4) is 0 Å². The van der Waals surface area contributed by atoms with E-state index in [1.807, 2.05) is 42.5 Å². The predicted molar refractivity (Wildman–Crippen MR) is 115 cm³/mol. The van der Waals surface area contributed by atoms with Crippen LogP contribution in [0.5, 0.6) is 5.75 Å². The number of carbonyl (C=O) groups excluding carboxylic acids is 1. The molecule has 3 aromatic rings. The van der Waals surface area contributed by atoms with Crippen LogP contribution >= 0.6 is 34.8 Å². The Kier molecular flexibility index (Phi) is 5.31. The molecule has 0 spiro atoms. The molecule has 0 saturated heterocycles. The van der Waals surface area contributed by atoms with Crippen LogP contribution in [-0.4, -0.2) is 5.91 Å². The van der Waals surface area contributed by atoms with Gasteiger partial charge in [-0.3, -0.25) is 4.79 Å². The predicted octanol–water partition coefficient (Wildman–Crippen LogP) is 6.72. The lowest BCUT2D eigenvalue weighted by Crippen LogP contribution is -2.03. The molecule has 3 nitrogen and oxygen atoms in total. The largest absolute Gasteiger partial charge is 0.487 e. The van der Waals surface area contributed by atoms with Gasteiger partial charge in [0.05, 0.1) is 15.1 Å². The van der Waals surface area contributed by atoms with E-state index in [-0.39, 0.29) is 5.91 Å². The maximum atomic E-state index is 12.2. The van der Waals surface area contributed by atoms with E-state index in [1.54, 1.807) is 24.3 Å². The van der Waals surface area contributed by atoms with Gasteiger partial charge in [-0.1, -0.05) is 65.1 Å². The topological polar surface area (TPSA) is 38.3 Å². The number of hydrogen-bond donors (Lipinski definition) is 1. The molecule has 0 radical (unpaired) electrons. The third-order valence-electron chi connectivity index (χ3n) is 4.36. The summed E-state index contributed by atoms with van der Waals surface area (Å²) < 4.78 is 5.79. The number of para-hydroxylation sites is 1. The fourth-order valence-corrected chi connectivity index (χ4v) is 3.53. The van der Waals surface area contributed by atoms with Crippen molar-refractivity contribution in [2.45, 2.75) is 6.61 Å². The maximum absolute atomic E-state index is 12.2.